The predicted octanol–water partition coefficient (Wildman–Crippen LogP) is 8.72. The van der Waals surface area contributed by atoms with Crippen LogP contribution in [0.25, 0.3) is 0 Å². The van der Waals surface area contributed by atoms with Crippen molar-refractivity contribution in [2.45, 2.75) is 58.7 Å². The third-order valence-electron chi connectivity index (χ3n) is 7.84. The molecule has 1 N–H and O–H groups in total. The van der Waals surface area contributed by atoms with Crippen molar-refractivity contribution in [1.29, 1.82) is 0 Å². The van der Waals surface area contributed by atoms with Crippen molar-refractivity contribution in [3.05, 3.63) is 131 Å². The molecule has 0 saturated heterocycles. The summed E-state index contributed by atoms with van der Waals surface area (Å²) in [6.45, 7) is 9.86. The first-order chi connectivity index (χ1) is 21.1. The number of hydrogen-bond acceptors (Lipinski definition) is 6. The predicted molar refractivity (Wildman–Crippen MR) is 177 cm³/mol. The van der Waals surface area contributed by atoms with E-state index in [9.17, 15) is 4.79 Å². The summed E-state index contributed by atoms with van der Waals surface area (Å²) >= 11 is 0. The largest absolute Gasteiger partial charge is 0.497 e. The summed E-state index contributed by atoms with van der Waals surface area (Å²) in [5.41, 5.74) is 7.04. The van der Waals surface area contributed by atoms with E-state index < -0.39 is 11.6 Å². The third-order valence-corrected chi connectivity index (χ3v) is 7.84. The van der Waals surface area contributed by atoms with Crippen molar-refractivity contribution in [2.24, 2.45) is 0 Å². The highest BCUT2D eigenvalue weighted by Gasteiger charge is 2.42. The Morgan fingerprint density at radius 3 is 1.73 bits per heavy atom. The molecule has 1 aliphatic heterocycles. The Bertz CT molecular complexity index is 1600. The quantitative estimate of drug-likeness (QED) is 0.207. The molecular weight excluding hydrogens is 548 g/mol. The lowest BCUT2D eigenvalue weighted by Crippen LogP contribution is -2.42. The monoisotopic (exact) mass is 590 g/mol. The molecule has 0 fully saturated rings. The van der Waals surface area contributed by atoms with Crippen LogP contribution in [0.15, 0.2) is 108 Å². The van der Waals surface area contributed by atoms with E-state index in [4.69, 9.17) is 14.2 Å². The number of aryl methyl sites for hydroxylation is 2. The van der Waals surface area contributed by atoms with Gasteiger partial charge in [0.15, 0.2) is 0 Å². The van der Waals surface area contributed by atoms with Gasteiger partial charge in [-0.15, -0.1) is 0 Å². The highest BCUT2D eigenvalue weighted by atomic mass is 16.6. The number of rotatable bonds is 8. The summed E-state index contributed by atoms with van der Waals surface area (Å²) in [5.74, 6) is 1.19. The number of benzene rings is 4. The van der Waals surface area contributed by atoms with Crippen molar-refractivity contribution in [3.63, 3.8) is 0 Å². The first kappa shape index (κ1) is 30.7. The second-order valence-electron chi connectivity index (χ2n) is 12.3. The molecule has 0 spiro atoms. The minimum atomic E-state index is -0.676. The van der Waals surface area contributed by atoms with Gasteiger partial charge in [-0.1, -0.05) is 59.7 Å². The van der Waals surface area contributed by atoms with Gasteiger partial charge in [-0.3, -0.25) is 0 Å². The van der Waals surface area contributed by atoms with Gasteiger partial charge >= 0.3 is 5.97 Å². The van der Waals surface area contributed by atoms with Crippen molar-refractivity contribution in [2.75, 3.05) is 24.4 Å². The van der Waals surface area contributed by atoms with Crippen molar-refractivity contribution in [1.82, 2.24) is 0 Å². The second-order valence-corrected chi connectivity index (χ2v) is 12.3. The Kier molecular flexibility index (Phi) is 9.00. The summed E-state index contributed by atoms with van der Waals surface area (Å²) in [7, 11) is 3.33. The number of nitrogens with zero attached hydrogens (tertiary/aromatic N) is 1. The molecule has 44 heavy (non-hydrogen) atoms. The minimum Gasteiger partial charge on any atom is -0.497 e. The van der Waals surface area contributed by atoms with E-state index in [0.717, 1.165) is 45.3 Å². The zero-order valence-corrected chi connectivity index (χ0v) is 26.7. The van der Waals surface area contributed by atoms with Crippen LogP contribution in [0.5, 0.6) is 11.5 Å². The van der Waals surface area contributed by atoms with Gasteiger partial charge in [-0.05, 0) is 94.3 Å². The van der Waals surface area contributed by atoms with Gasteiger partial charge < -0.3 is 24.4 Å². The number of methoxy groups -OCH3 is 2. The molecule has 1 aliphatic rings. The van der Waals surface area contributed by atoms with Gasteiger partial charge in [0, 0.05) is 23.5 Å². The molecule has 2 unspecified atom stereocenters. The summed E-state index contributed by atoms with van der Waals surface area (Å²) in [5, 5.41) is 3.65. The lowest BCUT2D eigenvalue weighted by Gasteiger charge is -2.46. The minimum absolute atomic E-state index is 0.116. The van der Waals surface area contributed by atoms with Gasteiger partial charge in [-0.2, -0.15) is 0 Å². The fourth-order valence-corrected chi connectivity index (χ4v) is 5.65. The van der Waals surface area contributed by atoms with E-state index in [1.807, 2.05) is 69.3 Å². The molecule has 1 heterocycles. The number of esters is 1. The maximum atomic E-state index is 14.3. The van der Waals surface area contributed by atoms with Crippen LogP contribution in [0.1, 0.15) is 61.5 Å². The Hall–Kier alpha value is -4.71. The molecule has 0 aromatic heterocycles. The Labute approximate surface area is 261 Å². The average Bonchev–Trinajstić information content (AvgIpc) is 3.01. The Balaban J connectivity index is 1.78. The van der Waals surface area contributed by atoms with Crippen LogP contribution in [0.4, 0.5) is 11.4 Å². The van der Waals surface area contributed by atoms with Crippen LogP contribution >= 0.6 is 0 Å². The molecule has 228 valence electrons. The summed E-state index contributed by atoms with van der Waals surface area (Å²) in [6, 6.07) is 32.3. The SMILES string of the molecule is COc1ccc(C2CC(Nc3ccc(C)cc3)=C(C(=O)OC(C)(C)C)C(c3ccc(OC)cc3)N2c2ccc(C)cc2)cc1. The fourth-order valence-electron chi connectivity index (χ4n) is 5.65. The molecule has 6 heteroatoms. The topological polar surface area (TPSA) is 60.0 Å². The van der Waals surface area contributed by atoms with E-state index in [1.165, 1.54) is 5.56 Å². The van der Waals surface area contributed by atoms with Crippen LogP contribution in [0.3, 0.4) is 0 Å². The summed E-state index contributed by atoms with van der Waals surface area (Å²) in [6.07, 6.45) is 0.551. The number of carbonyl (C=O) groups excluding carboxylic acids is 1. The number of anilines is 2. The van der Waals surface area contributed by atoms with Gasteiger partial charge in [-0.25, -0.2) is 4.79 Å². The van der Waals surface area contributed by atoms with Crippen LogP contribution in [0, 0.1) is 13.8 Å². The maximum absolute atomic E-state index is 14.3. The number of ether oxygens (including phenoxy) is 3. The van der Waals surface area contributed by atoms with Crippen LogP contribution in [-0.2, 0) is 9.53 Å². The Morgan fingerprint density at radius 1 is 0.727 bits per heavy atom. The molecule has 0 bridgehead atoms. The van der Waals surface area contributed by atoms with Crippen LogP contribution in [-0.4, -0.2) is 25.8 Å². The van der Waals surface area contributed by atoms with E-state index in [2.05, 4.69) is 72.6 Å². The standard InChI is InChI=1S/C38H42N2O4/c1-25-8-16-29(17-9-25)39-33-24-34(27-12-20-31(42-6)21-13-27)40(30-18-10-26(2)11-19-30)36(28-14-22-32(43-7)23-15-28)35(33)37(41)44-38(3,4)5/h8-23,34,36,39H,24H2,1-7H3. The van der Waals surface area contributed by atoms with E-state index in [-0.39, 0.29) is 12.0 Å². The van der Waals surface area contributed by atoms with Gasteiger partial charge in [0.05, 0.1) is 31.9 Å². The molecule has 4 aromatic rings. The molecule has 2 atom stereocenters. The average molecular weight is 591 g/mol. The molecular formula is C38H42N2O4. The highest BCUT2D eigenvalue weighted by Crippen LogP contribution is 2.48. The van der Waals surface area contributed by atoms with Gasteiger partial charge in [0.25, 0.3) is 0 Å². The molecule has 0 saturated carbocycles. The zero-order valence-electron chi connectivity index (χ0n) is 26.7. The molecule has 0 radical (unpaired) electrons. The maximum Gasteiger partial charge on any atom is 0.338 e. The van der Waals surface area contributed by atoms with Crippen molar-refractivity contribution < 1.29 is 19.0 Å². The lowest BCUT2D eigenvalue weighted by atomic mass is 9.84. The highest BCUT2D eigenvalue weighted by molar-refractivity contribution is 5.94. The van der Waals surface area contributed by atoms with E-state index >= 15 is 0 Å². The molecule has 5 rings (SSSR count). The van der Waals surface area contributed by atoms with Gasteiger partial charge in [0.1, 0.15) is 17.1 Å². The lowest BCUT2D eigenvalue weighted by molar-refractivity contribution is -0.150. The van der Waals surface area contributed by atoms with Crippen LogP contribution in [0.2, 0.25) is 0 Å². The number of hydrogen-bond donors (Lipinski definition) is 1. The zero-order chi connectivity index (χ0) is 31.4. The van der Waals surface area contributed by atoms with Crippen molar-refractivity contribution in [3.8, 4) is 11.5 Å². The smallest absolute Gasteiger partial charge is 0.338 e. The molecule has 6 nitrogen and oxygen atoms in total. The summed E-state index contributed by atoms with van der Waals surface area (Å²) in [4.78, 5) is 16.7. The normalized spacial score (nSPS) is 16.8. The van der Waals surface area contributed by atoms with Crippen molar-refractivity contribution >= 4 is 17.3 Å². The van der Waals surface area contributed by atoms with Crippen LogP contribution < -0.4 is 19.7 Å². The molecule has 0 amide bonds. The second kappa shape index (κ2) is 12.9. The van der Waals surface area contributed by atoms with E-state index in [1.54, 1.807) is 14.2 Å². The molecule has 4 aromatic carbocycles. The first-order valence-corrected chi connectivity index (χ1v) is 15.0. The van der Waals surface area contributed by atoms with Gasteiger partial charge in [0.2, 0.25) is 0 Å². The summed E-state index contributed by atoms with van der Waals surface area (Å²) < 4.78 is 17.1. The first-order valence-electron chi connectivity index (χ1n) is 15.0. The fraction of sp³-hybridized carbons (Fsp3) is 0.289. The Morgan fingerprint density at radius 2 is 1.23 bits per heavy atom. The number of carbonyl (C=O) groups is 1. The third kappa shape index (κ3) is 6.91. The molecule has 0 aliphatic carbocycles. The van der Waals surface area contributed by atoms with E-state index in [0.29, 0.717) is 12.0 Å². The number of nitrogens with one attached hydrogen (secondary N) is 1.